The van der Waals surface area contributed by atoms with Crippen LogP contribution in [-0.4, -0.2) is 40.9 Å². The van der Waals surface area contributed by atoms with Crippen LogP contribution in [0.15, 0.2) is 55.5 Å². The van der Waals surface area contributed by atoms with Crippen molar-refractivity contribution in [1.82, 2.24) is 14.9 Å². The monoisotopic (exact) mass is 296 g/mol. The fourth-order valence-electron chi connectivity index (χ4n) is 1.99. The van der Waals surface area contributed by atoms with E-state index in [2.05, 4.69) is 21.9 Å². The van der Waals surface area contributed by atoms with Gasteiger partial charge in [-0.1, -0.05) is 6.08 Å². The number of carbonyl (C=O) groups excluding carboxylic acids is 1. The van der Waals surface area contributed by atoms with Crippen LogP contribution in [0.5, 0.6) is 0 Å². The van der Waals surface area contributed by atoms with E-state index in [1.54, 1.807) is 42.7 Å². The van der Waals surface area contributed by atoms with Gasteiger partial charge in [0.05, 0.1) is 0 Å². The maximum atomic E-state index is 12.4. The third-order valence-corrected chi connectivity index (χ3v) is 3.26. The Morgan fingerprint density at radius 2 is 2.09 bits per heavy atom. The van der Waals surface area contributed by atoms with Crippen molar-refractivity contribution in [2.45, 2.75) is 6.42 Å². The quantitative estimate of drug-likeness (QED) is 0.797. The molecule has 0 spiro atoms. The van der Waals surface area contributed by atoms with E-state index in [9.17, 15) is 4.79 Å². The Bertz CT molecular complexity index is 628. The highest BCUT2D eigenvalue weighted by Crippen LogP contribution is 2.10. The third-order valence-electron chi connectivity index (χ3n) is 3.26. The number of nitrogens with zero attached hydrogens (tertiary/aromatic N) is 3. The molecule has 2 rings (SSSR count). The minimum Gasteiger partial charge on any atom is -0.381 e. The molecule has 22 heavy (non-hydrogen) atoms. The summed E-state index contributed by atoms with van der Waals surface area (Å²) in [5, 5.41) is 3.15. The molecule has 0 atom stereocenters. The lowest BCUT2D eigenvalue weighted by Crippen LogP contribution is -2.29. The van der Waals surface area contributed by atoms with Crippen molar-refractivity contribution >= 4 is 11.6 Å². The number of aromatic nitrogens is 2. The molecule has 0 radical (unpaired) electrons. The van der Waals surface area contributed by atoms with Crippen LogP contribution in [0.2, 0.25) is 0 Å². The van der Waals surface area contributed by atoms with Crippen LogP contribution in [0.3, 0.4) is 0 Å². The number of hydrogen-bond acceptors (Lipinski definition) is 4. The maximum Gasteiger partial charge on any atom is 0.272 e. The molecule has 1 amide bonds. The first-order chi connectivity index (χ1) is 10.7. The van der Waals surface area contributed by atoms with Crippen LogP contribution in [0.1, 0.15) is 16.1 Å². The number of nitrogens with one attached hydrogen (secondary N) is 1. The fraction of sp³-hybridized carbons (Fsp3) is 0.235. The molecule has 2 heterocycles. The average Bonchev–Trinajstić information content (AvgIpc) is 2.58. The first-order valence-electron chi connectivity index (χ1n) is 7.16. The lowest BCUT2D eigenvalue weighted by molar-refractivity contribution is 0.0791. The van der Waals surface area contributed by atoms with Crippen molar-refractivity contribution in [2.75, 3.05) is 25.5 Å². The van der Waals surface area contributed by atoms with E-state index in [1.165, 1.54) is 0 Å². The summed E-state index contributed by atoms with van der Waals surface area (Å²) < 4.78 is 0. The van der Waals surface area contributed by atoms with Gasteiger partial charge in [0.2, 0.25) is 0 Å². The van der Waals surface area contributed by atoms with Gasteiger partial charge in [0.1, 0.15) is 5.69 Å². The number of carbonyl (C=O) groups is 1. The Kier molecular flexibility index (Phi) is 5.65. The van der Waals surface area contributed by atoms with Crippen LogP contribution < -0.4 is 5.32 Å². The van der Waals surface area contributed by atoms with Crippen molar-refractivity contribution in [3.63, 3.8) is 0 Å². The predicted molar refractivity (Wildman–Crippen MR) is 87.8 cm³/mol. The number of rotatable bonds is 7. The summed E-state index contributed by atoms with van der Waals surface area (Å²) in [5.41, 5.74) is 2.45. The van der Waals surface area contributed by atoms with Crippen LogP contribution in [-0.2, 0) is 6.42 Å². The molecule has 0 aliphatic rings. The number of hydrogen-bond donors (Lipinski definition) is 1. The number of likely N-dealkylation sites (N-methyl/N-ethyl adjacent to an activating group) is 1. The fourth-order valence-corrected chi connectivity index (χ4v) is 1.99. The van der Waals surface area contributed by atoms with Gasteiger partial charge in [-0.05, 0) is 36.2 Å². The molecule has 0 unspecified atom stereocenters. The van der Waals surface area contributed by atoms with Gasteiger partial charge >= 0.3 is 0 Å². The van der Waals surface area contributed by atoms with Crippen LogP contribution in [0.25, 0.3) is 0 Å². The summed E-state index contributed by atoms with van der Waals surface area (Å²) in [4.78, 5) is 22.2. The van der Waals surface area contributed by atoms with Crippen molar-refractivity contribution in [3.8, 4) is 0 Å². The van der Waals surface area contributed by atoms with Gasteiger partial charge in [0.25, 0.3) is 5.91 Å². The van der Waals surface area contributed by atoms with Crippen LogP contribution in [0, 0.1) is 0 Å². The maximum absolute atomic E-state index is 12.4. The molecule has 0 saturated heterocycles. The van der Waals surface area contributed by atoms with Gasteiger partial charge in [0, 0.05) is 44.4 Å². The molecule has 0 aromatic carbocycles. The molecule has 0 aliphatic carbocycles. The molecule has 0 fully saturated rings. The molecule has 2 aromatic heterocycles. The van der Waals surface area contributed by atoms with Crippen molar-refractivity contribution in [1.29, 1.82) is 0 Å². The topological polar surface area (TPSA) is 58.1 Å². The average molecular weight is 296 g/mol. The molecule has 1 N–H and O–H groups in total. The molecular weight excluding hydrogens is 276 g/mol. The van der Waals surface area contributed by atoms with Gasteiger partial charge in [0.15, 0.2) is 0 Å². The van der Waals surface area contributed by atoms with Crippen LogP contribution in [0.4, 0.5) is 5.69 Å². The SMILES string of the molecule is C=CCNc1ccnc(C(=O)N(C)CCc2ccncc2)c1. The highest BCUT2D eigenvalue weighted by atomic mass is 16.2. The molecule has 5 nitrogen and oxygen atoms in total. The molecule has 2 aromatic rings. The third kappa shape index (κ3) is 4.41. The van der Waals surface area contributed by atoms with E-state index < -0.39 is 0 Å². The highest BCUT2D eigenvalue weighted by molar-refractivity contribution is 5.92. The van der Waals surface area contributed by atoms with Crippen LogP contribution >= 0.6 is 0 Å². The second-order valence-corrected chi connectivity index (χ2v) is 4.93. The Morgan fingerprint density at radius 3 is 2.82 bits per heavy atom. The van der Waals surface area contributed by atoms with E-state index in [-0.39, 0.29) is 5.91 Å². The summed E-state index contributed by atoms with van der Waals surface area (Å²) >= 11 is 0. The van der Waals surface area contributed by atoms with Crippen molar-refractivity contribution in [3.05, 3.63) is 66.8 Å². The summed E-state index contributed by atoms with van der Waals surface area (Å²) in [6, 6.07) is 7.50. The Balaban J connectivity index is 1.96. The molecule has 0 saturated carbocycles. The first kappa shape index (κ1) is 15.7. The second-order valence-electron chi connectivity index (χ2n) is 4.93. The van der Waals surface area contributed by atoms with E-state index >= 15 is 0 Å². The lowest BCUT2D eigenvalue weighted by atomic mass is 10.2. The van der Waals surface area contributed by atoms with Crippen molar-refractivity contribution in [2.24, 2.45) is 0 Å². The zero-order chi connectivity index (χ0) is 15.8. The van der Waals surface area contributed by atoms with E-state index in [0.29, 0.717) is 18.8 Å². The van der Waals surface area contributed by atoms with Gasteiger partial charge in [-0.2, -0.15) is 0 Å². The summed E-state index contributed by atoms with van der Waals surface area (Å²) in [7, 11) is 1.79. The molecule has 5 heteroatoms. The van der Waals surface area contributed by atoms with Gasteiger partial charge in [-0.3, -0.25) is 14.8 Å². The molecule has 114 valence electrons. The second kappa shape index (κ2) is 7.93. The smallest absolute Gasteiger partial charge is 0.272 e. The highest BCUT2D eigenvalue weighted by Gasteiger charge is 2.13. The van der Waals surface area contributed by atoms with E-state index in [1.807, 2.05) is 18.2 Å². The molecular formula is C17H20N4O. The zero-order valence-electron chi connectivity index (χ0n) is 12.7. The molecule has 0 aliphatic heterocycles. The minimum atomic E-state index is -0.0868. The normalized spacial score (nSPS) is 10.0. The molecule has 0 bridgehead atoms. The van der Waals surface area contributed by atoms with Gasteiger partial charge < -0.3 is 10.2 Å². The van der Waals surface area contributed by atoms with Gasteiger partial charge in [-0.25, -0.2) is 0 Å². The zero-order valence-corrected chi connectivity index (χ0v) is 12.7. The summed E-state index contributed by atoms with van der Waals surface area (Å²) in [5.74, 6) is -0.0868. The van der Waals surface area contributed by atoms with Crippen molar-refractivity contribution < 1.29 is 4.79 Å². The summed E-state index contributed by atoms with van der Waals surface area (Å²) in [6.07, 6.45) is 7.71. The lowest BCUT2D eigenvalue weighted by Gasteiger charge is -2.17. The van der Waals surface area contributed by atoms with Gasteiger partial charge in [-0.15, -0.1) is 6.58 Å². The largest absolute Gasteiger partial charge is 0.381 e. The van der Waals surface area contributed by atoms with E-state index in [0.717, 1.165) is 17.7 Å². The Morgan fingerprint density at radius 1 is 1.32 bits per heavy atom. The van der Waals surface area contributed by atoms with E-state index in [4.69, 9.17) is 0 Å². The predicted octanol–water partition coefficient (Wildman–Crippen LogP) is 2.39. The summed E-state index contributed by atoms with van der Waals surface area (Å²) in [6.45, 7) is 4.94. The number of pyridine rings is 2. The number of amides is 1. The number of anilines is 1. The first-order valence-corrected chi connectivity index (χ1v) is 7.16. The minimum absolute atomic E-state index is 0.0868. The Hall–Kier alpha value is -2.69. The Labute approximate surface area is 130 Å². The standard InChI is InChI=1S/C17H20N4O/c1-3-8-19-15-6-11-20-16(13-15)17(22)21(2)12-7-14-4-9-18-10-5-14/h3-6,9-11,13H,1,7-8,12H2,2H3,(H,19,20).